The van der Waals surface area contributed by atoms with Gasteiger partial charge in [0.2, 0.25) is 0 Å². The van der Waals surface area contributed by atoms with Crippen LogP contribution in [0.2, 0.25) is 12.6 Å². The van der Waals surface area contributed by atoms with Crippen molar-refractivity contribution in [2.75, 3.05) is 6.61 Å². The van der Waals surface area contributed by atoms with Gasteiger partial charge in [-0.1, -0.05) is 45.4 Å². The van der Waals surface area contributed by atoms with E-state index < -0.39 is 9.04 Å². The van der Waals surface area contributed by atoms with E-state index >= 15 is 0 Å². The Hall–Kier alpha value is 0.177. The monoisotopic (exact) mass is 202 g/mol. The Kier molecular flexibility index (Phi) is 10.4. The van der Waals surface area contributed by atoms with Crippen LogP contribution in [0.15, 0.2) is 0 Å². The molecule has 1 nitrogen and oxygen atoms in total. The lowest BCUT2D eigenvalue weighted by Crippen LogP contribution is -2.12. The normalized spacial score (nSPS) is 13.2. The quantitative estimate of drug-likeness (QED) is 0.409. The minimum absolute atomic E-state index is 0.761. The van der Waals surface area contributed by atoms with E-state index in [0.717, 1.165) is 6.61 Å². The van der Waals surface area contributed by atoms with Crippen LogP contribution >= 0.6 is 0 Å². The second-order valence-corrected chi connectivity index (χ2v) is 6.35. The third-order valence-electron chi connectivity index (χ3n) is 2.42. The van der Waals surface area contributed by atoms with Gasteiger partial charge in [-0.05, 0) is 19.5 Å². The fourth-order valence-corrected chi connectivity index (χ4v) is 3.18. The summed E-state index contributed by atoms with van der Waals surface area (Å²) in [5.41, 5.74) is 0. The maximum absolute atomic E-state index is 5.61. The Morgan fingerprint density at radius 2 is 1.54 bits per heavy atom. The predicted octanol–water partition coefficient (Wildman–Crippen LogP) is 3.74. The lowest BCUT2D eigenvalue weighted by molar-refractivity contribution is 0.344. The van der Waals surface area contributed by atoms with Crippen LogP contribution in [0.3, 0.4) is 0 Å². The molecule has 0 aromatic carbocycles. The van der Waals surface area contributed by atoms with Crippen molar-refractivity contribution < 1.29 is 4.43 Å². The molecule has 0 heterocycles. The van der Waals surface area contributed by atoms with Gasteiger partial charge in [0.05, 0.1) is 0 Å². The van der Waals surface area contributed by atoms with E-state index in [2.05, 4.69) is 20.4 Å². The zero-order chi connectivity index (χ0) is 9.94. The molecule has 2 heteroatoms. The minimum atomic E-state index is -0.761. The van der Waals surface area contributed by atoms with Crippen LogP contribution in [-0.2, 0) is 4.43 Å². The summed E-state index contributed by atoms with van der Waals surface area (Å²) in [6, 6.07) is 1.37. The van der Waals surface area contributed by atoms with Crippen molar-refractivity contribution >= 4 is 9.04 Å². The zero-order valence-corrected chi connectivity index (χ0v) is 10.8. The molecule has 0 N–H and O–H groups in total. The van der Waals surface area contributed by atoms with E-state index in [-0.39, 0.29) is 0 Å². The fraction of sp³-hybridized carbons (Fsp3) is 1.00. The van der Waals surface area contributed by atoms with Crippen LogP contribution < -0.4 is 0 Å². The van der Waals surface area contributed by atoms with Crippen LogP contribution in [0, 0.1) is 0 Å². The van der Waals surface area contributed by atoms with E-state index in [1.807, 2.05) is 0 Å². The SMILES string of the molecule is CCCCCCCC[SiH](C)OCC. The molecular weight excluding hydrogens is 176 g/mol. The van der Waals surface area contributed by atoms with Crippen molar-refractivity contribution in [3.63, 3.8) is 0 Å². The van der Waals surface area contributed by atoms with E-state index in [9.17, 15) is 0 Å². The molecule has 0 saturated heterocycles. The molecule has 0 fully saturated rings. The Labute approximate surface area is 85.6 Å². The van der Waals surface area contributed by atoms with Crippen LogP contribution in [0.25, 0.3) is 0 Å². The molecule has 0 aliphatic heterocycles. The lowest BCUT2D eigenvalue weighted by Gasteiger charge is -2.08. The summed E-state index contributed by atoms with van der Waals surface area (Å²) in [6.45, 7) is 7.60. The fourth-order valence-electron chi connectivity index (χ4n) is 1.58. The van der Waals surface area contributed by atoms with Gasteiger partial charge in [0.25, 0.3) is 0 Å². The first-order chi connectivity index (χ1) is 6.31. The van der Waals surface area contributed by atoms with Gasteiger partial charge in [-0.2, -0.15) is 0 Å². The van der Waals surface area contributed by atoms with Crippen molar-refractivity contribution in [3.8, 4) is 0 Å². The Bertz CT molecular complexity index is 96.1. The van der Waals surface area contributed by atoms with Gasteiger partial charge in [0, 0.05) is 6.61 Å². The van der Waals surface area contributed by atoms with Gasteiger partial charge >= 0.3 is 0 Å². The second-order valence-electron chi connectivity index (χ2n) is 3.82. The van der Waals surface area contributed by atoms with Crippen molar-refractivity contribution in [2.24, 2.45) is 0 Å². The smallest absolute Gasteiger partial charge is 0.173 e. The number of hydrogen-bond acceptors (Lipinski definition) is 1. The van der Waals surface area contributed by atoms with Crippen LogP contribution in [0.4, 0.5) is 0 Å². The first-order valence-electron chi connectivity index (χ1n) is 5.92. The maximum atomic E-state index is 5.61. The zero-order valence-electron chi connectivity index (χ0n) is 9.64. The summed E-state index contributed by atoms with van der Waals surface area (Å²) in [5, 5.41) is 0. The van der Waals surface area contributed by atoms with E-state index in [0.29, 0.717) is 0 Å². The summed E-state index contributed by atoms with van der Waals surface area (Å²) < 4.78 is 5.61. The Morgan fingerprint density at radius 3 is 2.15 bits per heavy atom. The van der Waals surface area contributed by atoms with E-state index in [4.69, 9.17) is 4.43 Å². The Morgan fingerprint density at radius 1 is 0.923 bits per heavy atom. The van der Waals surface area contributed by atoms with Crippen molar-refractivity contribution in [1.82, 2.24) is 0 Å². The third-order valence-corrected chi connectivity index (χ3v) is 4.54. The highest BCUT2D eigenvalue weighted by Crippen LogP contribution is 2.09. The third kappa shape index (κ3) is 10.1. The maximum Gasteiger partial charge on any atom is 0.173 e. The molecule has 0 rings (SSSR count). The molecular formula is C11H26OSi. The molecule has 0 amide bonds. The summed E-state index contributed by atoms with van der Waals surface area (Å²) in [7, 11) is -0.761. The average molecular weight is 202 g/mol. The summed E-state index contributed by atoms with van der Waals surface area (Å²) in [4.78, 5) is 0. The summed E-state index contributed by atoms with van der Waals surface area (Å²) in [6.07, 6.45) is 8.45. The van der Waals surface area contributed by atoms with E-state index in [1.54, 1.807) is 0 Å². The molecule has 0 radical (unpaired) electrons. The standard InChI is InChI=1S/C11H26OSi/c1-4-6-7-8-9-10-11-13(3)12-5-2/h13H,4-11H2,1-3H3. The molecule has 0 aromatic heterocycles. The lowest BCUT2D eigenvalue weighted by atomic mass is 10.1. The van der Waals surface area contributed by atoms with Gasteiger partial charge in [-0.3, -0.25) is 0 Å². The largest absolute Gasteiger partial charge is 0.421 e. The number of hydrogen-bond donors (Lipinski definition) is 0. The van der Waals surface area contributed by atoms with E-state index in [1.165, 1.54) is 44.6 Å². The molecule has 0 aliphatic rings. The Balaban J connectivity index is 2.97. The minimum Gasteiger partial charge on any atom is -0.421 e. The first-order valence-corrected chi connectivity index (χ1v) is 8.37. The molecule has 0 spiro atoms. The molecule has 13 heavy (non-hydrogen) atoms. The van der Waals surface area contributed by atoms with Gasteiger partial charge in [0.15, 0.2) is 9.04 Å². The highest BCUT2D eigenvalue weighted by atomic mass is 28.3. The molecule has 0 aromatic rings. The van der Waals surface area contributed by atoms with Gasteiger partial charge < -0.3 is 4.43 Å². The number of unbranched alkanes of at least 4 members (excludes halogenated alkanes) is 5. The molecule has 0 aliphatic carbocycles. The van der Waals surface area contributed by atoms with Gasteiger partial charge in [0.1, 0.15) is 0 Å². The van der Waals surface area contributed by atoms with Crippen LogP contribution in [0.5, 0.6) is 0 Å². The summed E-state index contributed by atoms with van der Waals surface area (Å²) >= 11 is 0. The highest BCUT2D eigenvalue weighted by Gasteiger charge is 2.02. The van der Waals surface area contributed by atoms with Crippen LogP contribution in [0.1, 0.15) is 52.4 Å². The molecule has 1 atom stereocenters. The summed E-state index contributed by atoms with van der Waals surface area (Å²) in [5.74, 6) is 0. The van der Waals surface area contributed by atoms with Crippen LogP contribution in [-0.4, -0.2) is 15.6 Å². The molecule has 80 valence electrons. The van der Waals surface area contributed by atoms with Crippen molar-refractivity contribution in [3.05, 3.63) is 0 Å². The first kappa shape index (κ1) is 13.2. The van der Waals surface area contributed by atoms with Crippen molar-refractivity contribution in [2.45, 2.75) is 65.0 Å². The predicted molar refractivity (Wildman–Crippen MR) is 62.8 cm³/mol. The molecule has 1 unspecified atom stereocenters. The second kappa shape index (κ2) is 10.3. The van der Waals surface area contributed by atoms with Gasteiger partial charge in [-0.15, -0.1) is 0 Å². The topological polar surface area (TPSA) is 9.23 Å². The highest BCUT2D eigenvalue weighted by molar-refractivity contribution is 6.50. The molecule has 0 bridgehead atoms. The number of rotatable bonds is 9. The van der Waals surface area contributed by atoms with Crippen molar-refractivity contribution in [1.29, 1.82) is 0 Å². The van der Waals surface area contributed by atoms with Gasteiger partial charge in [-0.25, -0.2) is 0 Å². The average Bonchev–Trinajstić information content (AvgIpc) is 2.11. The molecule has 0 saturated carbocycles.